The Hall–Kier alpha value is -4.69. The number of hydrogen-bond donors (Lipinski definition) is 3. The number of alkyl halides is 3. The Bertz CT molecular complexity index is 2380. The third-order valence-corrected chi connectivity index (χ3v) is 16.4. The van der Waals surface area contributed by atoms with Gasteiger partial charge in [-0.3, -0.25) is 24.0 Å². The lowest BCUT2D eigenvalue weighted by Crippen LogP contribution is -2.70. The number of alkyl carbamates (subject to hydrolysis) is 1. The molecule has 5 heterocycles. The van der Waals surface area contributed by atoms with Gasteiger partial charge in [0, 0.05) is 42.9 Å². The maximum atomic E-state index is 15.1. The summed E-state index contributed by atoms with van der Waals surface area (Å²) in [5, 5.41) is 5.98. The standard InChI is InChI=1S/C47H63F3N6O10S/c1-43(2,3)66-42(60)52-35-12-9-7-5-6-8-11-30-15-18-46(30,41(59)54-67(61,62)44(4)19-20-44)53-39(57)36-28-45(29-56(36)40(35)58)17-16-32-33-27-31(64-24-10-21-55-22-25-63-26-23-55)13-14-34(33)51-38(37(32)65-45)47(48,49)50/h8,11,13-14,27,30,35-36H,5-7,9-10,12,15-26,28-29H2,1-4H3,(H,52,60)(H,53,57)(H,54,59)/b11-8-/t30-,35+,36+,45-,46-/m1/s1. The SMILES string of the molecule is CC(C)(C)OC(=O)N[C@H]1CCCCC/C=C\[C@@H]2CC[C@@]2(C(=O)NS(=O)(=O)C2(C)CC2)NC(=O)[C@@H]2C[C@]3(CCc4c(c(C(F)(F)F)nc5ccc(OCCCN6CCOCC6)cc45)O3)CN2C1=O. The first-order valence-electron chi connectivity index (χ1n) is 23.6. The molecule has 5 atom stereocenters. The van der Waals surface area contributed by atoms with E-state index in [0.717, 1.165) is 26.1 Å². The molecule has 0 radical (unpaired) electrons. The average Bonchev–Trinajstić information content (AvgIpc) is 3.92. The van der Waals surface area contributed by atoms with Gasteiger partial charge in [0.25, 0.3) is 5.91 Å². The van der Waals surface area contributed by atoms with E-state index in [1.54, 1.807) is 39.8 Å². The Morgan fingerprint density at radius 3 is 2.48 bits per heavy atom. The minimum Gasteiger partial charge on any atom is -0.494 e. The molecule has 8 rings (SSSR count). The fraction of sp³-hybridized carbons (Fsp3) is 0.681. The molecule has 16 nitrogen and oxygen atoms in total. The predicted molar refractivity (Wildman–Crippen MR) is 240 cm³/mol. The quantitative estimate of drug-likeness (QED) is 0.206. The van der Waals surface area contributed by atoms with Crippen LogP contribution < -0.4 is 24.8 Å². The molecule has 2 aromatic rings. The number of morpholine rings is 1. The van der Waals surface area contributed by atoms with E-state index in [2.05, 4.69) is 25.2 Å². The molecule has 0 unspecified atom stereocenters. The molecule has 1 aromatic heterocycles. The van der Waals surface area contributed by atoms with Gasteiger partial charge in [-0.15, -0.1) is 0 Å². The van der Waals surface area contributed by atoms with E-state index in [1.165, 1.54) is 11.0 Å². The minimum absolute atomic E-state index is 0.0592. The molecule has 6 aliphatic rings. The van der Waals surface area contributed by atoms with Crippen LogP contribution in [0, 0.1) is 5.92 Å². The van der Waals surface area contributed by atoms with Gasteiger partial charge in [-0.25, -0.2) is 18.2 Å². The molecule has 1 spiro atoms. The van der Waals surface area contributed by atoms with Crippen molar-refractivity contribution in [3.8, 4) is 11.5 Å². The minimum atomic E-state index is -4.95. The van der Waals surface area contributed by atoms with Crippen molar-refractivity contribution in [1.82, 2.24) is 30.1 Å². The topological polar surface area (TPSA) is 195 Å². The number of aromatic nitrogens is 1. The summed E-state index contributed by atoms with van der Waals surface area (Å²) >= 11 is 0. The number of halogens is 3. The number of carbonyl (C=O) groups is 4. The van der Waals surface area contributed by atoms with E-state index in [9.17, 15) is 27.6 Å². The molecule has 4 fully saturated rings. The highest BCUT2D eigenvalue weighted by molar-refractivity contribution is 7.91. The lowest BCUT2D eigenvalue weighted by Gasteiger charge is -2.48. The second-order valence-corrected chi connectivity index (χ2v) is 22.5. The largest absolute Gasteiger partial charge is 0.494 e. The van der Waals surface area contributed by atoms with Crippen molar-refractivity contribution in [1.29, 1.82) is 0 Å². The number of allylic oxidation sites excluding steroid dienone is 1. The van der Waals surface area contributed by atoms with Crippen LogP contribution in [0.3, 0.4) is 0 Å². The highest BCUT2D eigenvalue weighted by atomic mass is 32.2. The molecule has 2 saturated heterocycles. The lowest BCUT2D eigenvalue weighted by atomic mass is 9.65. The van der Waals surface area contributed by atoms with Crippen molar-refractivity contribution in [2.45, 2.75) is 151 Å². The Morgan fingerprint density at radius 2 is 1.79 bits per heavy atom. The molecular formula is C47H63F3N6O10S. The van der Waals surface area contributed by atoms with Gasteiger partial charge < -0.3 is 34.5 Å². The molecular weight excluding hydrogens is 898 g/mol. The van der Waals surface area contributed by atoms with Crippen LogP contribution in [0.5, 0.6) is 11.5 Å². The first-order valence-corrected chi connectivity index (χ1v) is 25.1. The maximum absolute atomic E-state index is 15.1. The molecule has 67 heavy (non-hydrogen) atoms. The molecule has 2 saturated carbocycles. The van der Waals surface area contributed by atoms with Crippen LogP contribution in [0.1, 0.15) is 116 Å². The van der Waals surface area contributed by atoms with Gasteiger partial charge in [-0.1, -0.05) is 25.0 Å². The number of rotatable bonds is 9. The number of nitrogens with zero attached hydrogens (tertiary/aromatic N) is 3. The van der Waals surface area contributed by atoms with Crippen molar-refractivity contribution in [3.05, 3.63) is 41.6 Å². The summed E-state index contributed by atoms with van der Waals surface area (Å²) in [6.07, 6.45) is 2.43. The van der Waals surface area contributed by atoms with Gasteiger partial charge in [0.2, 0.25) is 21.8 Å². The number of sulfonamides is 1. The summed E-state index contributed by atoms with van der Waals surface area (Å²) in [5.74, 6) is -3.02. The van der Waals surface area contributed by atoms with Crippen LogP contribution in [-0.4, -0.2) is 127 Å². The third-order valence-electron chi connectivity index (χ3n) is 14.2. The molecule has 4 amide bonds. The number of aryl methyl sites for hydroxylation is 1. The number of carbonyl (C=O) groups excluding carboxylic acids is 4. The van der Waals surface area contributed by atoms with Crippen LogP contribution in [-0.2, 0) is 46.5 Å². The maximum Gasteiger partial charge on any atom is 0.437 e. The zero-order valence-electron chi connectivity index (χ0n) is 38.7. The summed E-state index contributed by atoms with van der Waals surface area (Å²) in [5.41, 5.74) is -5.06. The molecule has 2 aliphatic carbocycles. The van der Waals surface area contributed by atoms with Crippen LogP contribution in [0.15, 0.2) is 30.4 Å². The van der Waals surface area contributed by atoms with Crippen molar-refractivity contribution in [2.24, 2.45) is 5.92 Å². The number of hydrogen-bond acceptors (Lipinski definition) is 12. The fourth-order valence-corrected chi connectivity index (χ4v) is 11.2. The first-order chi connectivity index (χ1) is 31.6. The Kier molecular flexibility index (Phi) is 13.6. The number of benzene rings is 1. The van der Waals surface area contributed by atoms with E-state index in [4.69, 9.17) is 18.9 Å². The average molecular weight is 961 g/mol. The monoisotopic (exact) mass is 960 g/mol. The Balaban J connectivity index is 1.13. The number of nitrogens with one attached hydrogen (secondary N) is 3. The second kappa shape index (κ2) is 18.7. The van der Waals surface area contributed by atoms with Gasteiger partial charge in [0.05, 0.1) is 36.6 Å². The van der Waals surface area contributed by atoms with E-state index in [1.807, 2.05) is 12.2 Å². The smallest absolute Gasteiger partial charge is 0.437 e. The van der Waals surface area contributed by atoms with Gasteiger partial charge in [-0.05, 0) is 110 Å². The number of pyridine rings is 1. The Labute approximate surface area is 389 Å². The summed E-state index contributed by atoms with van der Waals surface area (Å²) < 4.78 is 96.6. The predicted octanol–water partition coefficient (Wildman–Crippen LogP) is 5.70. The molecule has 1 aromatic carbocycles. The summed E-state index contributed by atoms with van der Waals surface area (Å²) in [4.78, 5) is 64.9. The molecule has 4 aliphatic heterocycles. The van der Waals surface area contributed by atoms with Crippen LogP contribution >= 0.6 is 0 Å². The summed E-state index contributed by atoms with van der Waals surface area (Å²) in [6, 6.07) is 2.14. The third kappa shape index (κ3) is 10.5. The van der Waals surface area contributed by atoms with Crippen molar-refractivity contribution >= 4 is 44.7 Å². The van der Waals surface area contributed by atoms with Gasteiger partial charge >= 0.3 is 12.3 Å². The van der Waals surface area contributed by atoms with E-state index < -0.39 is 90.9 Å². The first kappa shape index (κ1) is 48.8. The van der Waals surface area contributed by atoms with Gasteiger partial charge in [-0.2, -0.15) is 13.2 Å². The molecule has 368 valence electrons. The summed E-state index contributed by atoms with van der Waals surface area (Å²) in [7, 11) is -4.12. The second-order valence-electron chi connectivity index (χ2n) is 20.3. The van der Waals surface area contributed by atoms with E-state index >= 15 is 13.2 Å². The van der Waals surface area contributed by atoms with Gasteiger partial charge in [0.15, 0.2) is 11.4 Å². The van der Waals surface area contributed by atoms with E-state index in [0.29, 0.717) is 75.9 Å². The van der Waals surface area contributed by atoms with E-state index in [-0.39, 0.29) is 49.7 Å². The molecule has 0 bridgehead atoms. The number of amides is 4. The lowest BCUT2D eigenvalue weighted by molar-refractivity contribution is -0.145. The highest BCUT2D eigenvalue weighted by Crippen LogP contribution is 2.50. The zero-order valence-corrected chi connectivity index (χ0v) is 39.5. The molecule has 20 heteroatoms. The van der Waals surface area contributed by atoms with Crippen LogP contribution in [0.4, 0.5) is 18.0 Å². The zero-order chi connectivity index (χ0) is 48.0. The number of ether oxygens (including phenoxy) is 4. The van der Waals surface area contributed by atoms with Crippen molar-refractivity contribution < 1.29 is 59.7 Å². The van der Waals surface area contributed by atoms with Crippen LogP contribution in [0.25, 0.3) is 10.9 Å². The fourth-order valence-electron chi connectivity index (χ4n) is 9.92. The van der Waals surface area contributed by atoms with Crippen LogP contribution in [0.2, 0.25) is 0 Å². The summed E-state index contributed by atoms with van der Waals surface area (Å²) in [6.45, 7) is 10.4. The highest BCUT2D eigenvalue weighted by Gasteiger charge is 2.60. The molecule has 3 N–H and O–H groups in total. The van der Waals surface area contributed by atoms with Crippen molar-refractivity contribution in [2.75, 3.05) is 46.0 Å². The van der Waals surface area contributed by atoms with Gasteiger partial charge in [0.1, 0.15) is 34.6 Å². The Morgan fingerprint density at radius 1 is 1.03 bits per heavy atom. The normalized spacial score (nSPS) is 28.6. The van der Waals surface area contributed by atoms with Crippen molar-refractivity contribution in [3.63, 3.8) is 0 Å². The number of fused-ring (bicyclic) bond motifs is 5.